The van der Waals surface area contributed by atoms with Gasteiger partial charge in [0.15, 0.2) is 44.0 Å². The van der Waals surface area contributed by atoms with Crippen LogP contribution in [0, 0.1) is 0 Å². The number of carboxylic acid groups (broad SMARTS) is 2. The molecular weight excluding hydrogens is 1710 g/mol. The van der Waals surface area contributed by atoms with Gasteiger partial charge in [-0.1, -0.05) is 0 Å². The van der Waals surface area contributed by atoms with Crippen LogP contribution >= 0.6 is 0 Å². The number of aliphatic hydroxyl groups excluding tert-OH is 31. The van der Waals surface area contributed by atoms with Gasteiger partial charge in [0, 0.05) is 26.7 Å². The molecule has 9 aliphatic heterocycles. The highest BCUT2D eigenvalue weighted by molar-refractivity contribution is 5.77. The molecule has 9 fully saturated rings. The minimum Gasteiger partial charge on any atom is -0.477 e. The van der Waals surface area contributed by atoms with Gasteiger partial charge in [-0.2, -0.15) is 0 Å². The van der Waals surface area contributed by atoms with E-state index in [2.05, 4.69) is 10.6 Å². The summed E-state index contributed by atoms with van der Waals surface area (Å²) in [6.45, 7) is -9.83. The largest absolute Gasteiger partial charge is 0.477 e. The quantitative estimate of drug-likeness (QED) is 0.0277. The van der Waals surface area contributed by atoms with Gasteiger partial charge in [-0.3, -0.25) is 9.59 Å². The van der Waals surface area contributed by atoms with Crippen molar-refractivity contribution in [2.75, 3.05) is 59.5 Å². The Balaban J connectivity index is 0.974. The average Bonchev–Trinajstić information content (AvgIpc) is 0.741. The lowest BCUT2D eigenvalue weighted by Gasteiger charge is -2.52. The van der Waals surface area contributed by atoms with Crippen LogP contribution in [0.25, 0.3) is 0 Å². The Hall–Kier alpha value is -4.08. The maximum Gasteiger partial charge on any atom is 0.364 e. The highest BCUT2D eigenvalue weighted by Crippen LogP contribution is 2.44. The summed E-state index contributed by atoms with van der Waals surface area (Å²) in [7, 11) is 0. The number of carbonyl (C=O) groups excluding carboxylic acids is 2. The van der Waals surface area contributed by atoms with E-state index in [4.69, 9.17) is 80.5 Å². The summed E-state index contributed by atoms with van der Waals surface area (Å²) in [5, 5.41) is 379. The molecule has 36 N–H and O–H groups in total. The molecule has 0 saturated carbocycles. The van der Waals surface area contributed by atoms with Crippen molar-refractivity contribution in [1.82, 2.24) is 10.6 Å². The molecule has 9 saturated heterocycles. The van der Waals surface area contributed by atoms with E-state index < -0.39 is 402 Å². The van der Waals surface area contributed by atoms with E-state index >= 15 is 0 Å². The molecule has 9 heterocycles. The molecule has 0 aliphatic carbocycles. The molecule has 0 unspecified atom stereocenters. The predicted octanol–water partition coefficient (Wildman–Crippen LogP) is -23.8. The molecule has 9 rings (SSSR count). The van der Waals surface area contributed by atoms with Gasteiger partial charge in [-0.15, -0.1) is 0 Å². The first-order valence-corrected chi connectivity index (χ1v) is 38.7. The van der Waals surface area contributed by atoms with E-state index in [-0.39, 0.29) is 0 Å². The molecule has 50 atom stereocenters. The number of hydrogen-bond donors (Lipinski definition) is 36. The second kappa shape index (κ2) is 44.0. The first-order valence-electron chi connectivity index (χ1n) is 38.7. The summed E-state index contributed by atoms with van der Waals surface area (Å²) in [5.74, 6) is -12.9. The van der Waals surface area contributed by atoms with Crippen molar-refractivity contribution in [2.45, 2.75) is 332 Å². The maximum atomic E-state index is 13.2. The third-order valence-corrected chi connectivity index (χ3v) is 22.4. The molecule has 0 spiro atoms. The van der Waals surface area contributed by atoms with E-state index in [0.29, 0.717) is 0 Å². The smallest absolute Gasteiger partial charge is 0.364 e. The molecule has 124 heavy (non-hydrogen) atoms. The Kier molecular flexibility index (Phi) is 36.8. The second-order valence-corrected chi connectivity index (χ2v) is 31.1. The van der Waals surface area contributed by atoms with Crippen LogP contribution in [-0.2, 0) is 99.7 Å². The van der Waals surface area contributed by atoms with Gasteiger partial charge in [0.1, 0.15) is 232 Å². The summed E-state index contributed by atoms with van der Waals surface area (Å²) in [5.41, 5.74) is 0. The molecule has 0 aromatic heterocycles. The lowest BCUT2D eigenvalue weighted by atomic mass is 9.88. The van der Waals surface area contributed by atoms with Crippen molar-refractivity contribution >= 4 is 23.8 Å². The predicted molar refractivity (Wildman–Crippen MR) is 373 cm³/mol. The van der Waals surface area contributed by atoms with Gasteiger partial charge in [-0.05, 0) is 0 Å². The SMILES string of the molecule is CC(=O)N[C@H]1[C@H](O[C@H]2[C@H](O)[C@H](O)[C@@H](OC[C@H]3O[C@@H](O[C@H]4[C@H](O[C@H]5O[C@H]([C@@H](O)CO)[C@@H](O)[C@H](O)[C@@H]5O[C@H]5O[C@H]([C@@H](O)CO)[C@@H](O)[C@H](O)[C@@H]5O)[C@H](O)[C@@H](O[C@H]5[C@@H]([C@H](O)CO)O[C@@](O)(C(=O)O)C[C@H]5O)O[C@@H]4[C@@H](O)CO)[C@H](O)[C@@H](O)[C@@H]3O)O[C@@H]2[C@@H](O)CO)O[C@H](CO)[C@@H](O[C@@H]2O[C@H](CO)[C@H](O)[C@H](O[C@]3(C(=O)O)C[C@H](O)[C@@H](NC(C)=O)[C@H]([C@H](O)[C@H](O)CO)O3)[C@H]2O)[C@@H]1O. The molecule has 2 amide bonds. The van der Waals surface area contributed by atoms with Crippen molar-refractivity contribution in [2.24, 2.45) is 0 Å². The van der Waals surface area contributed by atoms with E-state index in [1.807, 2.05) is 0 Å². The normalized spacial score (nSPS) is 47.3. The lowest BCUT2D eigenvalue weighted by Crippen LogP contribution is -2.71. The molecule has 57 heteroatoms. The molecule has 0 radical (unpaired) electrons. The molecule has 0 aromatic rings. The standard InChI is InChI=1S/C67H112N2O55/c1-14(78)68-27-16(80)4-67(65(105)106,123-51(27)29(88)18(82)5-70)124-52-31(90)24(11-76)109-61(42(52)101)117-50-25(12-77)110-57(28(32(50)91)69-15(2)79)118-53-38(97)41(100)58(114-47(53)21(85)8-73)108-13-26-30(89)33(92)39(98)59(111-26)121-56-48(22(86)9-74)116-62(115-46-17(81)3-66(107,64(103)104)122-49(46)23(87)10-75)43(102)54(56)119-63-55(37(96)36(95)45(113-63)20(84)7-72)120-60-40(99)34(93)35(94)44(112-60)19(83)6-71/h16-63,70-77,80-102,107H,3-13H2,1-2H3,(H,68,78)(H,69,79)(H,103,104)(H,105,106)/t16-,17+,18+,19-,20-,21-,22-,23+,24+,25+,26+,27+,28+,29+,30+,31-,32+,33-,34-,35-,36-,37-,38+,39+,40-,41-,42+,43-,44+,45+,46+,47+,48+,49+,50+,51+,52-,53-,54+,55-,56+,57-,58-,59-,60+,61-,62-,63+,66+,67-/m0/s1. The Morgan fingerprint density at radius 2 is 0.766 bits per heavy atom. The van der Waals surface area contributed by atoms with Crippen LogP contribution in [0.3, 0.4) is 0 Å². The van der Waals surface area contributed by atoms with Crippen molar-refractivity contribution in [3.05, 3.63) is 0 Å². The first kappa shape index (κ1) is 104. The summed E-state index contributed by atoms with van der Waals surface area (Å²) in [6.07, 6.45) is -111. The fourth-order valence-corrected chi connectivity index (χ4v) is 15.7. The highest BCUT2D eigenvalue weighted by Gasteiger charge is 2.65. The molecule has 57 nitrogen and oxygen atoms in total. The Morgan fingerprint density at radius 3 is 1.31 bits per heavy atom. The summed E-state index contributed by atoms with van der Waals surface area (Å²) >= 11 is 0. The average molecular weight is 1830 g/mol. The van der Waals surface area contributed by atoms with Crippen LogP contribution in [0.15, 0.2) is 0 Å². The van der Waals surface area contributed by atoms with E-state index in [1.54, 1.807) is 0 Å². The van der Waals surface area contributed by atoms with Crippen LogP contribution in [0.1, 0.15) is 26.7 Å². The van der Waals surface area contributed by atoms with Gasteiger partial charge in [-0.25, -0.2) is 9.59 Å². The van der Waals surface area contributed by atoms with Crippen LogP contribution in [0.4, 0.5) is 0 Å². The zero-order valence-electron chi connectivity index (χ0n) is 65.3. The van der Waals surface area contributed by atoms with Gasteiger partial charge in [0.25, 0.3) is 11.6 Å². The lowest BCUT2D eigenvalue weighted by molar-refractivity contribution is -0.415. The third-order valence-electron chi connectivity index (χ3n) is 22.4. The van der Waals surface area contributed by atoms with E-state index in [1.165, 1.54) is 0 Å². The Bertz CT molecular complexity index is 3360. The number of rotatable bonds is 36. The first-order chi connectivity index (χ1) is 58.3. The zero-order valence-corrected chi connectivity index (χ0v) is 65.3. The zero-order chi connectivity index (χ0) is 92.2. The molecule has 720 valence electrons. The van der Waals surface area contributed by atoms with Crippen LogP contribution in [-0.4, -0.2) is 563 Å². The van der Waals surface area contributed by atoms with Crippen molar-refractivity contribution in [3.8, 4) is 0 Å². The van der Waals surface area contributed by atoms with E-state index in [0.717, 1.165) is 13.8 Å². The van der Waals surface area contributed by atoms with E-state index in [9.17, 15) is 193 Å². The maximum absolute atomic E-state index is 13.2. The Labute approximate surface area is 697 Å². The van der Waals surface area contributed by atoms with Gasteiger partial charge in [0.2, 0.25) is 11.8 Å². The fourth-order valence-electron chi connectivity index (χ4n) is 15.7. The minimum atomic E-state index is -3.36. The topological polar surface area (TPSA) is 937 Å². The summed E-state index contributed by atoms with van der Waals surface area (Å²) < 4.78 is 98.4. The number of carboxylic acids is 2. The minimum absolute atomic E-state index is 0.864. The highest BCUT2D eigenvalue weighted by atomic mass is 16.8. The van der Waals surface area contributed by atoms with Crippen LogP contribution in [0.5, 0.6) is 0 Å². The van der Waals surface area contributed by atoms with Gasteiger partial charge >= 0.3 is 11.9 Å². The third kappa shape index (κ3) is 22.1. The number of nitrogens with one attached hydrogen (secondary N) is 2. The van der Waals surface area contributed by atoms with Gasteiger partial charge < -0.3 is 265 Å². The van der Waals surface area contributed by atoms with Crippen molar-refractivity contribution in [1.29, 1.82) is 0 Å². The van der Waals surface area contributed by atoms with Crippen LogP contribution in [0.2, 0.25) is 0 Å². The summed E-state index contributed by atoms with van der Waals surface area (Å²) in [4.78, 5) is 50.5. The number of ether oxygens (including phenoxy) is 17. The number of aliphatic carboxylic acids is 2. The molecule has 9 aliphatic rings. The summed E-state index contributed by atoms with van der Waals surface area (Å²) in [6, 6.07) is -3.81. The van der Waals surface area contributed by atoms with Crippen molar-refractivity contribution < 1.29 is 273 Å². The second-order valence-electron chi connectivity index (χ2n) is 31.1. The molecule has 0 aromatic carbocycles. The molecule has 0 bridgehead atoms. The number of hydrogen-bond acceptors (Lipinski definition) is 53. The number of amides is 2. The number of carbonyl (C=O) groups is 4. The van der Waals surface area contributed by atoms with Gasteiger partial charge in [0.05, 0.1) is 77.7 Å². The number of aliphatic hydroxyl groups is 32. The Morgan fingerprint density at radius 1 is 0.347 bits per heavy atom. The fraction of sp³-hybridized carbons (Fsp3) is 0.940. The monoisotopic (exact) mass is 1820 g/mol. The van der Waals surface area contributed by atoms with Crippen molar-refractivity contribution in [3.63, 3.8) is 0 Å². The molecular formula is C67H112N2O55. The van der Waals surface area contributed by atoms with Crippen LogP contribution < -0.4 is 10.6 Å².